The molecule has 1 aliphatic heterocycles. The summed E-state index contributed by atoms with van der Waals surface area (Å²) in [5.74, 6) is 0.750. The van der Waals surface area contributed by atoms with Crippen molar-refractivity contribution in [1.29, 1.82) is 0 Å². The van der Waals surface area contributed by atoms with Crippen LogP contribution >= 0.6 is 23.5 Å². The molecule has 0 unspecified atom stereocenters. The van der Waals surface area contributed by atoms with Crippen molar-refractivity contribution in [3.63, 3.8) is 0 Å². The van der Waals surface area contributed by atoms with Crippen molar-refractivity contribution < 1.29 is 0 Å². The summed E-state index contributed by atoms with van der Waals surface area (Å²) in [4.78, 5) is 2.24. The van der Waals surface area contributed by atoms with Crippen LogP contribution < -0.4 is 4.90 Å². The lowest BCUT2D eigenvalue weighted by Gasteiger charge is -2.31. The smallest absolute Gasteiger partial charge is 0.0454 e. The predicted octanol–water partition coefficient (Wildman–Crippen LogP) is 4.97. The minimum atomic E-state index is 0.750. The Labute approximate surface area is 144 Å². The summed E-state index contributed by atoms with van der Waals surface area (Å²) in [5, 5.41) is 0.831. The SMILES string of the molecule is C=Cc1c(CC2CCN(SC)CC2)cc(Cl)cc1N(C)CC. The number of rotatable bonds is 6. The first-order valence-corrected chi connectivity index (χ1v) is 9.60. The number of hydrogen-bond donors (Lipinski definition) is 0. The van der Waals surface area contributed by atoms with E-state index in [4.69, 9.17) is 11.6 Å². The van der Waals surface area contributed by atoms with Crippen molar-refractivity contribution in [3.05, 3.63) is 34.9 Å². The molecule has 0 amide bonds. The topological polar surface area (TPSA) is 6.48 Å². The molecule has 122 valence electrons. The van der Waals surface area contributed by atoms with E-state index in [0.29, 0.717) is 0 Å². The molecule has 1 fully saturated rings. The Morgan fingerprint density at radius 3 is 2.64 bits per heavy atom. The third-order valence-electron chi connectivity index (χ3n) is 4.64. The first kappa shape index (κ1) is 17.7. The maximum Gasteiger partial charge on any atom is 0.0454 e. The molecule has 0 aliphatic carbocycles. The summed E-state index contributed by atoms with van der Waals surface area (Å²) >= 11 is 8.23. The molecule has 1 aromatic rings. The van der Waals surface area contributed by atoms with Crippen molar-refractivity contribution in [2.75, 3.05) is 37.8 Å². The van der Waals surface area contributed by atoms with Crippen molar-refractivity contribution in [1.82, 2.24) is 4.31 Å². The summed E-state index contributed by atoms with van der Waals surface area (Å²) in [6, 6.07) is 4.19. The van der Waals surface area contributed by atoms with Gasteiger partial charge in [0.2, 0.25) is 0 Å². The number of benzene rings is 1. The van der Waals surface area contributed by atoms with E-state index in [1.165, 1.54) is 42.7 Å². The van der Waals surface area contributed by atoms with Crippen molar-refractivity contribution in [2.24, 2.45) is 5.92 Å². The van der Waals surface area contributed by atoms with Crippen LogP contribution in [0.4, 0.5) is 5.69 Å². The molecule has 0 saturated carbocycles. The third-order valence-corrected chi connectivity index (χ3v) is 5.74. The van der Waals surface area contributed by atoms with Crippen molar-refractivity contribution in [3.8, 4) is 0 Å². The van der Waals surface area contributed by atoms with Crippen LogP contribution in [0.15, 0.2) is 18.7 Å². The number of anilines is 1. The first-order valence-electron chi connectivity index (χ1n) is 8.04. The summed E-state index contributed by atoms with van der Waals surface area (Å²) < 4.78 is 2.46. The highest BCUT2D eigenvalue weighted by Crippen LogP contribution is 2.33. The molecule has 1 aromatic carbocycles. The number of piperidine rings is 1. The van der Waals surface area contributed by atoms with Gasteiger partial charge in [-0.3, -0.25) is 4.31 Å². The molecule has 0 radical (unpaired) electrons. The van der Waals surface area contributed by atoms with Gasteiger partial charge in [-0.25, -0.2) is 0 Å². The molecule has 1 aliphatic rings. The van der Waals surface area contributed by atoms with Gasteiger partial charge in [0.15, 0.2) is 0 Å². The van der Waals surface area contributed by atoms with E-state index in [-0.39, 0.29) is 0 Å². The van der Waals surface area contributed by atoms with E-state index in [9.17, 15) is 0 Å². The van der Waals surface area contributed by atoms with Gasteiger partial charge in [0.1, 0.15) is 0 Å². The molecule has 0 aromatic heterocycles. The third kappa shape index (κ3) is 4.21. The molecule has 0 N–H and O–H groups in total. The Morgan fingerprint density at radius 2 is 2.09 bits per heavy atom. The Hall–Kier alpha value is -0.640. The first-order chi connectivity index (χ1) is 10.6. The lowest BCUT2D eigenvalue weighted by Crippen LogP contribution is -2.29. The molecule has 0 spiro atoms. The van der Waals surface area contributed by atoms with Crippen LogP contribution in [-0.2, 0) is 6.42 Å². The van der Waals surface area contributed by atoms with Crippen molar-refractivity contribution >= 4 is 35.3 Å². The van der Waals surface area contributed by atoms with E-state index in [0.717, 1.165) is 23.9 Å². The normalized spacial score (nSPS) is 16.7. The van der Waals surface area contributed by atoms with Crippen molar-refractivity contribution in [2.45, 2.75) is 26.2 Å². The zero-order chi connectivity index (χ0) is 16.1. The molecule has 4 heteroatoms. The summed E-state index contributed by atoms with van der Waals surface area (Å²) in [6.07, 6.45) is 7.80. The summed E-state index contributed by atoms with van der Waals surface area (Å²) in [6.45, 7) is 9.54. The highest BCUT2D eigenvalue weighted by molar-refractivity contribution is 7.96. The van der Waals surface area contributed by atoms with E-state index in [2.05, 4.69) is 48.1 Å². The minimum Gasteiger partial charge on any atom is -0.374 e. The van der Waals surface area contributed by atoms with Crippen LogP contribution in [-0.4, -0.2) is 37.2 Å². The maximum absolute atomic E-state index is 6.37. The van der Waals surface area contributed by atoms with Crippen LogP contribution in [0.1, 0.15) is 30.9 Å². The Morgan fingerprint density at radius 1 is 1.41 bits per heavy atom. The zero-order valence-electron chi connectivity index (χ0n) is 13.9. The fourth-order valence-electron chi connectivity index (χ4n) is 3.16. The highest BCUT2D eigenvalue weighted by atomic mass is 35.5. The van der Waals surface area contributed by atoms with Crippen LogP contribution in [0.2, 0.25) is 5.02 Å². The molecule has 2 nitrogen and oxygen atoms in total. The second kappa shape index (κ2) is 8.28. The Bertz CT molecular complexity index is 510. The van der Waals surface area contributed by atoms with Gasteiger partial charge in [0, 0.05) is 43.0 Å². The molecule has 1 heterocycles. The number of halogens is 1. The van der Waals surface area contributed by atoms with E-state index >= 15 is 0 Å². The highest BCUT2D eigenvalue weighted by Gasteiger charge is 2.21. The Balaban J connectivity index is 2.20. The van der Waals surface area contributed by atoms with Crippen LogP contribution in [0, 0.1) is 5.92 Å². The van der Waals surface area contributed by atoms with Gasteiger partial charge in [-0.2, -0.15) is 0 Å². The van der Waals surface area contributed by atoms with Crippen LogP contribution in [0.3, 0.4) is 0 Å². The van der Waals surface area contributed by atoms with Crippen LogP contribution in [0.25, 0.3) is 6.08 Å². The zero-order valence-corrected chi connectivity index (χ0v) is 15.5. The maximum atomic E-state index is 6.37. The lowest BCUT2D eigenvalue weighted by atomic mass is 9.88. The number of hydrogen-bond acceptors (Lipinski definition) is 3. The Kier molecular flexibility index (Phi) is 6.66. The van der Waals surface area contributed by atoms with Gasteiger partial charge in [-0.05, 0) is 56.1 Å². The average molecular weight is 339 g/mol. The molecule has 2 rings (SSSR count). The van der Waals surface area contributed by atoms with Gasteiger partial charge >= 0.3 is 0 Å². The van der Waals surface area contributed by atoms with E-state index in [1.54, 1.807) is 0 Å². The fraction of sp³-hybridized carbons (Fsp3) is 0.556. The largest absolute Gasteiger partial charge is 0.374 e. The molecular formula is C18H27ClN2S. The standard InChI is InChI=1S/C18H27ClN2S/c1-5-17-15(11-14-7-9-21(22-4)10-8-14)12-16(19)13-18(17)20(3)6-2/h5,12-14H,1,6-11H2,2-4H3. The van der Waals surface area contributed by atoms with E-state index < -0.39 is 0 Å². The van der Waals surface area contributed by atoms with E-state index in [1.807, 2.05) is 18.0 Å². The molecule has 1 saturated heterocycles. The molecule has 22 heavy (non-hydrogen) atoms. The lowest BCUT2D eigenvalue weighted by molar-refractivity contribution is 0.291. The van der Waals surface area contributed by atoms with Crippen LogP contribution in [0.5, 0.6) is 0 Å². The van der Waals surface area contributed by atoms with Gasteiger partial charge in [0.25, 0.3) is 0 Å². The summed E-state index contributed by atoms with van der Waals surface area (Å²) in [7, 11) is 2.11. The second-order valence-corrected chi connectivity index (χ2v) is 7.29. The molecule has 0 bridgehead atoms. The fourth-order valence-corrected chi connectivity index (χ4v) is 3.97. The minimum absolute atomic E-state index is 0.750. The van der Waals surface area contributed by atoms with Gasteiger partial charge < -0.3 is 4.90 Å². The number of nitrogens with zero attached hydrogens (tertiary/aromatic N) is 2. The quantitative estimate of drug-likeness (QED) is 0.676. The predicted molar refractivity (Wildman–Crippen MR) is 102 cm³/mol. The molecule has 0 atom stereocenters. The van der Waals surface area contributed by atoms with Gasteiger partial charge in [0.05, 0.1) is 0 Å². The van der Waals surface area contributed by atoms with Gasteiger partial charge in [-0.15, -0.1) is 0 Å². The molecular weight excluding hydrogens is 312 g/mol. The summed E-state index contributed by atoms with van der Waals surface area (Å²) in [5.41, 5.74) is 3.79. The average Bonchev–Trinajstić information content (AvgIpc) is 2.54. The monoisotopic (exact) mass is 338 g/mol. The van der Waals surface area contributed by atoms with Gasteiger partial charge in [-0.1, -0.05) is 36.2 Å². The second-order valence-electron chi connectivity index (χ2n) is 5.98.